The highest BCUT2D eigenvalue weighted by molar-refractivity contribution is 14.1. The minimum Gasteiger partial charge on any atom is -0.273 e. The molecule has 0 saturated heterocycles. The van der Waals surface area contributed by atoms with Gasteiger partial charge in [0.15, 0.2) is 0 Å². The van der Waals surface area contributed by atoms with E-state index in [0.717, 1.165) is 18.4 Å². The lowest BCUT2D eigenvalue weighted by Crippen LogP contribution is -2.16. The zero-order valence-corrected chi connectivity index (χ0v) is 11.4. The zero-order chi connectivity index (χ0) is 11.8. The Bertz CT molecular complexity index is 360. The van der Waals surface area contributed by atoms with E-state index in [9.17, 15) is 4.79 Å². The Morgan fingerprint density at radius 3 is 2.75 bits per heavy atom. The molecule has 0 aliphatic rings. The summed E-state index contributed by atoms with van der Waals surface area (Å²) in [5, 5.41) is 3.90. The number of nitrogens with one attached hydrogen (secondary N) is 1. The van der Waals surface area contributed by atoms with Crippen LogP contribution >= 0.6 is 22.6 Å². The van der Waals surface area contributed by atoms with Gasteiger partial charge < -0.3 is 0 Å². The lowest BCUT2D eigenvalue weighted by Gasteiger charge is -1.97. The molecule has 0 aromatic heterocycles. The first-order valence-electron chi connectivity index (χ1n) is 5.30. The van der Waals surface area contributed by atoms with Gasteiger partial charge in [0.25, 0.3) is 0 Å². The standard InChI is InChI=1S/C12H15IN2O/c1-2-3-4-12(16)15-14-9-10-5-7-11(13)8-6-10/h5-9H,2-4H2,1H3,(H,15,16)/b14-9+. The molecule has 0 fully saturated rings. The van der Waals surface area contributed by atoms with Crippen LogP contribution in [0.4, 0.5) is 0 Å². The van der Waals surface area contributed by atoms with Crippen LogP contribution in [0.1, 0.15) is 31.7 Å². The van der Waals surface area contributed by atoms with Crippen LogP contribution in [0.25, 0.3) is 0 Å². The van der Waals surface area contributed by atoms with Gasteiger partial charge in [-0.3, -0.25) is 4.79 Å². The second-order valence-electron chi connectivity index (χ2n) is 3.45. The fraction of sp³-hybridized carbons (Fsp3) is 0.333. The van der Waals surface area contributed by atoms with E-state index >= 15 is 0 Å². The number of carbonyl (C=O) groups excluding carboxylic acids is 1. The van der Waals surface area contributed by atoms with Crippen LogP contribution in [0.3, 0.4) is 0 Å². The predicted molar refractivity (Wildman–Crippen MR) is 74.4 cm³/mol. The topological polar surface area (TPSA) is 41.5 Å². The largest absolute Gasteiger partial charge is 0.273 e. The minimum atomic E-state index is -0.0244. The smallest absolute Gasteiger partial charge is 0.240 e. The molecule has 0 atom stereocenters. The summed E-state index contributed by atoms with van der Waals surface area (Å²) in [5.74, 6) is -0.0244. The Morgan fingerprint density at radius 2 is 2.12 bits per heavy atom. The van der Waals surface area contributed by atoms with Gasteiger partial charge in [-0.25, -0.2) is 5.43 Å². The van der Waals surface area contributed by atoms with Gasteiger partial charge in [-0.15, -0.1) is 0 Å². The Labute approximate surface area is 109 Å². The maximum absolute atomic E-state index is 11.2. The molecule has 0 radical (unpaired) electrons. The first-order valence-corrected chi connectivity index (χ1v) is 6.37. The number of nitrogens with zero attached hydrogens (tertiary/aromatic N) is 1. The SMILES string of the molecule is CCCCC(=O)N/N=C/c1ccc(I)cc1. The molecule has 86 valence electrons. The highest BCUT2D eigenvalue weighted by atomic mass is 127. The summed E-state index contributed by atoms with van der Waals surface area (Å²) in [6.07, 6.45) is 4.12. The Balaban J connectivity index is 2.37. The average Bonchev–Trinajstić information content (AvgIpc) is 2.29. The van der Waals surface area contributed by atoms with Crippen molar-refractivity contribution in [1.29, 1.82) is 0 Å². The lowest BCUT2D eigenvalue weighted by atomic mass is 10.2. The average molecular weight is 330 g/mol. The van der Waals surface area contributed by atoms with E-state index in [0.29, 0.717) is 6.42 Å². The molecule has 1 aromatic carbocycles. The summed E-state index contributed by atoms with van der Waals surface area (Å²) in [5.41, 5.74) is 3.49. The minimum absolute atomic E-state index is 0.0244. The summed E-state index contributed by atoms with van der Waals surface area (Å²) in [6, 6.07) is 7.93. The highest BCUT2D eigenvalue weighted by Crippen LogP contribution is 2.04. The molecule has 0 spiro atoms. The molecular weight excluding hydrogens is 315 g/mol. The van der Waals surface area contributed by atoms with Crippen molar-refractivity contribution < 1.29 is 4.79 Å². The number of benzene rings is 1. The summed E-state index contributed by atoms with van der Waals surface area (Å²) in [6.45, 7) is 2.06. The Hall–Kier alpha value is -0.910. The molecule has 0 aliphatic carbocycles. The quantitative estimate of drug-likeness (QED) is 0.503. The molecule has 0 bridgehead atoms. The van der Waals surface area contributed by atoms with E-state index in [4.69, 9.17) is 0 Å². The van der Waals surface area contributed by atoms with Crippen LogP contribution < -0.4 is 5.43 Å². The van der Waals surface area contributed by atoms with Gasteiger partial charge in [0.1, 0.15) is 0 Å². The number of amides is 1. The van der Waals surface area contributed by atoms with Gasteiger partial charge in [0.2, 0.25) is 5.91 Å². The molecule has 0 aliphatic heterocycles. The third kappa shape index (κ3) is 5.25. The maximum Gasteiger partial charge on any atom is 0.240 e. The predicted octanol–water partition coefficient (Wildman–Crippen LogP) is 2.93. The molecule has 1 N–H and O–H groups in total. The molecule has 0 unspecified atom stereocenters. The van der Waals surface area contributed by atoms with Crippen molar-refractivity contribution >= 4 is 34.7 Å². The van der Waals surface area contributed by atoms with Gasteiger partial charge in [0, 0.05) is 9.99 Å². The van der Waals surface area contributed by atoms with Crippen LogP contribution in [0, 0.1) is 3.57 Å². The maximum atomic E-state index is 11.2. The van der Waals surface area contributed by atoms with Crippen molar-refractivity contribution in [2.24, 2.45) is 5.10 Å². The van der Waals surface area contributed by atoms with E-state index < -0.39 is 0 Å². The van der Waals surface area contributed by atoms with Crippen LogP contribution in [-0.2, 0) is 4.79 Å². The molecule has 1 amide bonds. The Morgan fingerprint density at radius 1 is 1.44 bits per heavy atom. The van der Waals surface area contributed by atoms with Crippen LogP contribution in [-0.4, -0.2) is 12.1 Å². The van der Waals surface area contributed by atoms with Gasteiger partial charge >= 0.3 is 0 Å². The van der Waals surface area contributed by atoms with Crippen molar-refractivity contribution in [1.82, 2.24) is 5.43 Å². The van der Waals surface area contributed by atoms with E-state index in [1.807, 2.05) is 24.3 Å². The van der Waals surface area contributed by atoms with Crippen molar-refractivity contribution in [3.8, 4) is 0 Å². The number of hydrogen-bond donors (Lipinski definition) is 1. The van der Waals surface area contributed by atoms with E-state index in [1.54, 1.807) is 6.21 Å². The lowest BCUT2D eigenvalue weighted by molar-refractivity contribution is -0.121. The fourth-order valence-corrected chi connectivity index (χ4v) is 1.48. The normalized spacial score (nSPS) is 10.6. The summed E-state index contributed by atoms with van der Waals surface area (Å²) < 4.78 is 1.18. The van der Waals surface area contributed by atoms with Gasteiger partial charge in [-0.1, -0.05) is 25.5 Å². The monoisotopic (exact) mass is 330 g/mol. The van der Waals surface area contributed by atoms with Gasteiger partial charge in [-0.2, -0.15) is 5.10 Å². The molecule has 1 rings (SSSR count). The number of unbranched alkanes of at least 4 members (excludes halogenated alkanes) is 1. The highest BCUT2D eigenvalue weighted by Gasteiger charge is 1.96. The second-order valence-corrected chi connectivity index (χ2v) is 4.69. The first-order chi connectivity index (χ1) is 7.72. The van der Waals surface area contributed by atoms with E-state index in [1.165, 1.54) is 3.57 Å². The third-order valence-corrected chi connectivity index (χ3v) is 2.75. The Kier molecular flexibility index (Phi) is 6.07. The van der Waals surface area contributed by atoms with E-state index in [2.05, 4.69) is 40.0 Å². The van der Waals surface area contributed by atoms with Crippen LogP contribution in [0.5, 0.6) is 0 Å². The van der Waals surface area contributed by atoms with Gasteiger partial charge in [-0.05, 0) is 46.7 Å². The number of halogens is 1. The molecule has 3 nitrogen and oxygen atoms in total. The summed E-state index contributed by atoms with van der Waals surface area (Å²) >= 11 is 2.25. The molecule has 16 heavy (non-hydrogen) atoms. The second kappa shape index (κ2) is 7.38. The molecule has 1 aromatic rings. The number of rotatable bonds is 5. The van der Waals surface area contributed by atoms with Crippen molar-refractivity contribution in [2.45, 2.75) is 26.2 Å². The zero-order valence-electron chi connectivity index (χ0n) is 9.24. The number of hydrazone groups is 1. The van der Waals surface area contributed by atoms with Gasteiger partial charge in [0.05, 0.1) is 6.21 Å². The van der Waals surface area contributed by atoms with Crippen molar-refractivity contribution in [3.05, 3.63) is 33.4 Å². The fourth-order valence-electron chi connectivity index (χ4n) is 1.12. The van der Waals surface area contributed by atoms with Crippen molar-refractivity contribution in [2.75, 3.05) is 0 Å². The molecule has 0 saturated carbocycles. The van der Waals surface area contributed by atoms with Crippen molar-refractivity contribution in [3.63, 3.8) is 0 Å². The summed E-state index contributed by atoms with van der Waals surface area (Å²) in [4.78, 5) is 11.2. The summed E-state index contributed by atoms with van der Waals surface area (Å²) in [7, 11) is 0. The molecule has 0 heterocycles. The first kappa shape index (κ1) is 13.2. The van der Waals surface area contributed by atoms with Crippen LogP contribution in [0.15, 0.2) is 29.4 Å². The third-order valence-electron chi connectivity index (χ3n) is 2.03. The van der Waals surface area contributed by atoms with E-state index in [-0.39, 0.29) is 5.91 Å². The molecule has 4 heteroatoms. The number of carbonyl (C=O) groups is 1. The molecular formula is C12H15IN2O. The van der Waals surface area contributed by atoms with Crippen LogP contribution in [0.2, 0.25) is 0 Å². The number of hydrogen-bond acceptors (Lipinski definition) is 2.